The van der Waals surface area contributed by atoms with E-state index in [2.05, 4.69) is 4.98 Å². The lowest BCUT2D eigenvalue weighted by molar-refractivity contribution is -0.131. The molecule has 0 saturated heterocycles. The molecular weight excluding hydrogens is 296 g/mol. The summed E-state index contributed by atoms with van der Waals surface area (Å²) >= 11 is 1.08. The lowest BCUT2D eigenvalue weighted by atomic mass is 10.2. The van der Waals surface area contributed by atoms with Crippen LogP contribution in [-0.4, -0.2) is 16.1 Å². The second kappa shape index (κ2) is 6.58. The predicted octanol–water partition coefficient (Wildman–Crippen LogP) is 4.14. The van der Waals surface area contributed by atoms with E-state index in [-0.39, 0.29) is 10.6 Å². The molecule has 0 bridgehead atoms. The summed E-state index contributed by atoms with van der Waals surface area (Å²) in [5.74, 6) is -2.44. The molecule has 0 aliphatic heterocycles. The minimum absolute atomic E-state index is 0.171. The summed E-state index contributed by atoms with van der Waals surface area (Å²) in [6, 6.07) is 3.64. The lowest BCUT2D eigenvalue weighted by Crippen LogP contribution is -1.91. The molecule has 0 aliphatic carbocycles. The molecule has 0 atom stereocenters. The van der Waals surface area contributed by atoms with E-state index in [0.717, 1.165) is 23.8 Å². The molecule has 110 valence electrons. The summed E-state index contributed by atoms with van der Waals surface area (Å²) in [6.45, 7) is 1.95. The zero-order valence-electron chi connectivity index (χ0n) is 11.3. The Bertz CT molecular complexity index is 675. The third-order valence-corrected chi connectivity index (χ3v) is 3.85. The van der Waals surface area contributed by atoms with Crippen LogP contribution in [-0.2, 0) is 11.2 Å². The van der Waals surface area contributed by atoms with Crippen molar-refractivity contribution < 1.29 is 18.7 Å². The molecule has 2 aromatic rings. The van der Waals surface area contributed by atoms with Crippen molar-refractivity contribution in [3.63, 3.8) is 0 Å². The van der Waals surface area contributed by atoms with Gasteiger partial charge in [0.05, 0.1) is 16.1 Å². The lowest BCUT2D eigenvalue weighted by Gasteiger charge is -1.99. The molecule has 1 aromatic carbocycles. The fourth-order valence-corrected chi connectivity index (χ4v) is 2.93. The monoisotopic (exact) mass is 309 g/mol. The highest BCUT2D eigenvalue weighted by Gasteiger charge is 2.17. The fraction of sp³-hybridized carbons (Fsp3) is 0.200. The first-order valence-electron chi connectivity index (χ1n) is 6.38. The Kier molecular flexibility index (Phi) is 4.80. The molecule has 1 aromatic heterocycles. The number of carbonyl (C=O) groups is 1. The van der Waals surface area contributed by atoms with Gasteiger partial charge in [0.25, 0.3) is 0 Å². The number of benzene rings is 1. The van der Waals surface area contributed by atoms with Gasteiger partial charge < -0.3 is 5.11 Å². The van der Waals surface area contributed by atoms with Crippen LogP contribution in [0.5, 0.6) is 0 Å². The first-order valence-corrected chi connectivity index (χ1v) is 7.19. The van der Waals surface area contributed by atoms with Crippen molar-refractivity contribution in [2.24, 2.45) is 0 Å². The van der Waals surface area contributed by atoms with Crippen molar-refractivity contribution in [1.82, 2.24) is 4.98 Å². The average molecular weight is 309 g/mol. The average Bonchev–Trinajstić information content (AvgIpc) is 2.79. The van der Waals surface area contributed by atoms with Gasteiger partial charge in [-0.3, -0.25) is 0 Å². The zero-order valence-corrected chi connectivity index (χ0v) is 12.1. The molecule has 0 unspecified atom stereocenters. The Balaban J connectivity index is 2.51. The molecule has 0 saturated carbocycles. The fourth-order valence-electron chi connectivity index (χ4n) is 1.87. The van der Waals surface area contributed by atoms with Crippen LogP contribution in [0.2, 0.25) is 0 Å². The van der Waals surface area contributed by atoms with Gasteiger partial charge in [-0.2, -0.15) is 0 Å². The first-order chi connectivity index (χ1) is 10.0. The molecule has 0 spiro atoms. The van der Waals surface area contributed by atoms with E-state index in [9.17, 15) is 13.6 Å². The van der Waals surface area contributed by atoms with Crippen LogP contribution < -0.4 is 0 Å². The number of nitrogens with zero attached hydrogens (tertiary/aromatic N) is 1. The number of carboxylic acids is 1. The van der Waals surface area contributed by atoms with Crippen LogP contribution in [0.4, 0.5) is 8.78 Å². The Morgan fingerprint density at radius 3 is 2.62 bits per heavy atom. The number of hydrogen-bond donors (Lipinski definition) is 1. The number of rotatable bonds is 5. The molecule has 3 nitrogen and oxygen atoms in total. The summed E-state index contributed by atoms with van der Waals surface area (Å²) in [5, 5.41) is 8.91. The topological polar surface area (TPSA) is 50.2 Å². The molecule has 1 N–H and O–H groups in total. The Morgan fingerprint density at radius 1 is 1.38 bits per heavy atom. The van der Waals surface area contributed by atoms with Gasteiger partial charge in [-0.25, -0.2) is 18.6 Å². The minimum Gasteiger partial charge on any atom is -0.478 e. The highest BCUT2D eigenvalue weighted by Crippen LogP contribution is 2.33. The van der Waals surface area contributed by atoms with E-state index >= 15 is 0 Å². The second-order valence-corrected chi connectivity index (χ2v) is 5.38. The van der Waals surface area contributed by atoms with Gasteiger partial charge in [-0.15, -0.1) is 11.3 Å². The molecule has 21 heavy (non-hydrogen) atoms. The standard InChI is InChI=1S/C15H13F2NO2S/c1-2-4-11-12(7-8-13(19)20)21-15(18-11)14-9(16)5-3-6-10(14)17/h3,5-8H,2,4H2,1H3,(H,19,20)/b8-7+. The number of aromatic nitrogens is 1. The van der Waals surface area contributed by atoms with E-state index < -0.39 is 17.6 Å². The molecule has 2 rings (SSSR count). The van der Waals surface area contributed by atoms with Gasteiger partial charge >= 0.3 is 5.97 Å². The first kappa shape index (κ1) is 15.3. The summed E-state index contributed by atoms with van der Waals surface area (Å²) in [5.41, 5.74) is 0.479. The zero-order chi connectivity index (χ0) is 15.4. The molecule has 0 amide bonds. The number of aryl methyl sites for hydroxylation is 1. The molecule has 0 fully saturated rings. The van der Waals surface area contributed by atoms with E-state index in [1.165, 1.54) is 24.3 Å². The Labute approximate surface area is 124 Å². The Morgan fingerprint density at radius 2 is 2.05 bits per heavy atom. The summed E-state index contributed by atoms with van der Waals surface area (Å²) in [6.07, 6.45) is 3.82. The van der Waals surface area contributed by atoms with Crippen molar-refractivity contribution in [3.05, 3.63) is 46.5 Å². The summed E-state index contributed by atoms with van der Waals surface area (Å²) in [7, 11) is 0. The van der Waals surface area contributed by atoms with Gasteiger partial charge in [0, 0.05) is 6.08 Å². The summed E-state index contributed by atoms with van der Waals surface area (Å²) < 4.78 is 27.6. The maximum atomic E-state index is 13.8. The molecule has 0 aliphatic rings. The van der Waals surface area contributed by atoms with Gasteiger partial charge in [0.2, 0.25) is 0 Å². The quantitative estimate of drug-likeness (QED) is 0.845. The highest BCUT2D eigenvalue weighted by atomic mass is 32.1. The number of aliphatic carboxylic acids is 1. The molecule has 0 radical (unpaired) electrons. The second-order valence-electron chi connectivity index (χ2n) is 4.35. The smallest absolute Gasteiger partial charge is 0.328 e. The molecule has 6 heteroatoms. The van der Waals surface area contributed by atoms with Crippen molar-refractivity contribution in [2.75, 3.05) is 0 Å². The maximum Gasteiger partial charge on any atom is 0.328 e. The third kappa shape index (κ3) is 3.52. The van der Waals surface area contributed by atoms with Crippen molar-refractivity contribution >= 4 is 23.4 Å². The molecular formula is C15H13F2NO2S. The highest BCUT2D eigenvalue weighted by molar-refractivity contribution is 7.16. The SMILES string of the molecule is CCCc1nc(-c2c(F)cccc2F)sc1/C=C/C(=O)O. The minimum atomic E-state index is -1.08. The van der Waals surface area contributed by atoms with Crippen molar-refractivity contribution in [1.29, 1.82) is 0 Å². The van der Waals surface area contributed by atoms with Crippen LogP contribution in [0.3, 0.4) is 0 Å². The van der Waals surface area contributed by atoms with E-state index in [1.54, 1.807) is 0 Å². The molecule has 1 heterocycles. The van der Waals surface area contributed by atoms with Crippen LogP contribution in [0.15, 0.2) is 24.3 Å². The predicted molar refractivity (Wildman–Crippen MR) is 78.1 cm³/mol. The van der Waals surface area contributed by atoms with Gasteiger partial charge in [0.15, 0.2) is 0 Å². The van der Waals surface area contributed by atoms with Crippen molar-refractivity contribution in [3.8, 4) is 10.6 Å². The van der Waals surface area contributed by atoms with Gasteiger partial charge in [-0.05, 0) is 24.6 Å². The van der Waals surface area contributed by atoms with E-state index in [4.69, 9.17) is 5.11 Å². The number of hydrogen-bond acceptors (Lipinski definition) is 3. The maximum absolute atomic E-state index is 13.8. The van der Waals surface area contributed by atoms with Crippen LogP contribution in [0, 0.1) is 11.6 Å². The number of carboxylic acid groups (broad SMARTS) is 1. The van der Waals surface area contributed by atoms with Gasteiger partial charge in [0.1, 0.15) is 16.6 Å². The van der Waals surface area contributed by atoms with Gasteiger partial charge in [-0.1, -0.05) is 19.4 Å². The number of thiazole rings is 1. The largest absolute Gasteiger partial charge is 0.478 e. The number of halogens is 2. The van der Waals surface area contributed by atoms with Crippen LogP contribution in [0.1, 0.15) is 23.9 Å². The Hall–Kier alpha value is -2.08. The van der Waals surface area contributed by atoms with Crippen LogP contribution >= 0.6 is 11.3 Å². The normalized spacial score (nSPS) is 11.2. The van der Waals surface area contributed by atoms with E-state index in [1.807, 2.05) is 6.92 Å². The third-order valence-electron chi connectivity index (χ3n) is 2.77. The van der Waals surface area contributed by atoms with Crippen molar-refractivity contribution in [2.45, 2.75) is 19.8 Å². The summed E-state index contributed by atoms with van der Waals surface area (Å²) in [4.78, 5) is 15.5. The van der Waals surface area contributed by atoms with E-state index in [0.29, 0.717) is 17.0 Å². The van der Waals surface area contributed by atoms with Crippen LogP contribution in [0.25, 0.3) is 16.6 Å².